The zero-order chi connectivity index (χ0) is 11.4. The van der Waals surface area contributed by atoms with E-state index in [0.29, 0.717) is 6.42 Å². The summed E-state index contributed by atoms with van der Waals surface area (Å²) >= 11 is 0. The highest BCUT2D eigenvalue weighted by molar-refractivity contribution is 5.93. The number of nitrogens with one attached hydrogen (secondary N) is 1. The van der Waals surface area contributed by atoms with Gasteiger partial charge in [0.2, 0.25) is 5.91 Å². The van der Waals surface area contributed by atoms with Gasteiger partial charge in [0.25, 0.3) is 0 Å². The summed E-state index contributed by atoms with van der Waals surface area (Å²) in [7, 11) is 1.77. The molecule has 0 radical (unpaired) electrons. The van der Waals surface area contributed by atoms with Crippen LogP contribution in [-0.2, 0) is 11.2 Å². The molecule has 1 aromatic heterocycles. The third-order valence-electron chi connectivity index (χ3n) is 2.41. The number of rotatable bonds is 3. The van der Waals surface area contributed by atoms with Gasteiger partial charge in [0, 0.05) is 24.6 Å². The fraction of sp³-hybridized carbons (Fsp3) is 0.167. The number of aromatic amines is 1. The van der Waals surface area contributed by atoms with Gasteiger partial charge in [-0.2, -0.15) is 0 Å². The van der Waals surface area contributed by atoms with E-state index in [9.17, 15) is 4.79 Å². The van der Waals surface area contributed by atoms with E-state index in [1.807, 2.05) is 30.3 Å². The summed E-state index contributed by atoms with van der Waals surface area (Å²) in [5, 5.41) is 0. The quantitative estimate of drug-likeness (QED) is 0.845. The number of para-hydroxylation sites is 1. The van der Waals surface area contributed by atoms with Crippen LogP contribution in [0.15, 0.2) is 42.9 Å². The van der Waals surface area contributed by atoms with Crippen molar-refractivity contribution in [1.29, 1.82) is 0 Å². The number of benzene rings is 1. The first-order chi connectivity index (χ1) is 7.77. The van der Waals surface area contributed by atoms with Gasteiger partial charge in [-0.3, -0.25) is 4.79 Å². The maximum atomic E-state index is 11.9. The van der Waals surface area contributed by atoms with Crippen LogP contribution in [0.25, 0.3) is 0 Å². The minimum absolute atomic E-state index is 0.0375. The Bertz CT molecular complexity index is 450. The minimum Gasteiger partial charge on any atom is -0.348 e. The Labute approximate surface area is 93.9 Å². The van der Waals surface area contributed by atoms with Crippen molar-refractivity contribution in [1.82, 2.24) is 9.97 Å². The van der Waals surface area contributed by atoms with E-state index in [1.165, 1.54) is 0 Å². The van der Waals surface area contributed by atoms with Gasteiger partial charge in [0.1, 0.15) is 0 Å². The van der Waals surface area contributed by atoms with Gasteiger partial charge < -0.3 is 9.88 Å². The van der Waals surface area contributed by atoms with Crippen molar-refractivity contribution < 1.29 is 4.79 Å². The van der Waals surface area contributed by atoms with E-state index in [4.69, 9.17) is 0 Å². The highest BCUT2D eigenvalue weighted by atomic mass is 16.2. The van der Waals surface area contributed by atoms with Crippen molar-refractivity contribution in [2.45, 2.75) is 6.42 Å². The van der Waals surface area contributed by atoms with E-state index >= 15 is 0 Å². The molecule has 0 saturated carbocycles. The molecule has 0 aliphatic carbocycles. The third-order valence-corrected chi connectivity index (χ3v) is 2.41. The largest absolute Gasteiger partial charge is 0.348 e. The molecule has 4 heteroatoms. The molecule has 0 aliphatic rings. The van der Waals surface area contributed by atoms with Crippen LogP contribution in [0.1, 0.15) is 5.69 Å². The number of carbonyl (C=O) groups excluding carboxylic acids is 1. The summed E-state index contributed by atoms with van der Waals surface area (Å²) in [6.07, 6.45) is 3.58. The van der Waals surface area contributed by atoms with Crippen LogP contribution in [0.2, 0.25) is 0 Å². The number of anilines is 1. The molecule has 0 spiro atoms. The zero-order valence-electron chi connectivity index (χ0n) is 9.05. The molecule has 2 aromatic rings. The molecule has 82 valence electrons. The zero-order valence-corrected chi connectivity index (χ0v) is 9.05. The van der Waals surface area contributed by atoms with Crippen molar-refractivity contribution >= 4 is 11.6 Å². The van der Waals surface area contributed by atoms with Crippen LogP contribution in [-0.4, -0.2) is 22.9 Å². The van der Waals surface area contributed by atoms with E-state index in [0.717, 1.165) is 11.4 Å². The summed E-state index contributed by atoms with van der Waals surface area (Å²) in [5.74, 6) is 0.0375. The minimum atomic E-state index is 0.0375. The normalized spacial score (nSPS) is 10.1. The fourth-order valence-corrected chi connectivity index (χ4v) is 1.46. The van der Waals surface area contributed by atoms with Crippen LogP contribution in [0.5, 0.6) is 0 Å². The molecule has 0 atom stereocenters. The monoisotopic (exact) mass is 215 g/mol. The average molecular weight is 215 g/mol. The predicted octanol–water partition coefficient (Wildman–Crippen LogP) is 1.62. The van der Waals surface area contributed by atoms with Gasteiger partial charge in [-0.1, -0.05) is 18.2 Å². The smallest absolute Gasteiger partial charge is 0.232 e. The fourth-order valence-electron chi connectivity index (χ4n) is 1.46. The second-order valence-electron chi connectivity index (χ2n) is 3.54. The summed E-state index contributed by atoms with van der Waals surface area (Å²) in [6.45, 7) is 0. The van der Waals surface area contributed by atoms with Gasteiger partial charge in [-0.05, 0) is 12.1 Å². The van der Waals surface area contributed by atoms with Crippen molar-refractivity contribution in [3.05, 3.63) is 48.5 Å². The number of carbonyl (C=O) groups is 1. The van der Waals surface area contributed by atoms with Crippen LogP contribution in [0.4, 0.5) is 5.69 Å². The molecule has 2 rings (SSSR count). The highest BCUT2D eigenvalue weighted by Crippen LogP contribution is 2.12. The second kappa shape index (κ2) is 4.61. The van der Waals surface area contributed by atoms with Gasteiger partial charge in [-0.25, -0.2) is 4.98 Å². The van der Waals surface area contributed by atoms with Crippen LogP contribution < -0.4 is 4.90 Å². The van der Waals surface area contributed by atoms with Crippen molar-refractivity contribution in [2.75, 3.05) is 11.9 Å². The third kappa shape index (κ3) is 2.28. The molecule has 0 unspecified atom stereocenters. The Hall–Kier alpha value is -2.10. The summed E-state index contributed by atoms with van der Waals surface area (Å²) in [6, 6.07) is 9.57. The number of aromatic nitrogens is 2. The predicted molar refractivity (Wildman–Crippen MR) is 62.1 cm³/mol. The lowest BCUT2D eigenvalue weighted by molar-refractivity contribution is -0.117. The number of likely N-dealkylation sites (N-methyl/N-ethyl adjacent to an activating group) is 1. The molecule has 0 aliphatic heterocycles. The van der Waals surface area contributed by atoms with Crippen LogP contribution >= 0.6 is 0 Å². The molecule has 0 fully saturated rings. The van der Waals surface area contributed by atoms with Crippen LogP contribution in [0.3, 0.4) is 0 Å². The maximum Gasteiger partial charge on any atom is 0.232 e. The lowest BCUT2D eigenvalue weighted by atomic mass is 10.2. The summed E-state index contributed by atoms with van der Waals surface area (Å²) in [4.78, 5) is 20.3. The highest BCUT2D eigenvalue weighted by Gasteiger charge is 2.11. The number of hydrogen-bond donors (Lipinski definition) is 1. The molecular formula is C12H13N3O. The van der Waals surface area contributed by atoms with Crippen LogP contribution in [0, 0.1) is 0 Å². The van der Waals surface area contributed by atoms with E-state index < -0.39 is 0 Å². The van der Waals surface area contributed by atoms with Crippen molar-refractivity contribution in [3.63, 3.8) is 0 Å². The van der Waals surface area contributed by atoms with E-state index in [2.05, 4.69) is 9.97 Å². The van der Waals surface area contributed by atoms with Crippen molar-refractivity contribution in [2.24, 2.45) is 0 Å². The van der Waals surface area contributed by atoms with Gasteiger partial charge in [0.15, 0.2) is 0 Å². The molecular weight excluding hydrogens is 202 g/mol. The Morgan fingerprint density at radius 2 is 2.12 bits per heavy atom. The van der Waals surface area contributed by atoms with E-state index in [1.54, 1.807) is 24.5 Å². The molecule has 1 amide bonds. The second-order valence-corrected chi connectivity index (χ2v) is 3.54. The molecule has 1 heterocycles. The lowest BCUT2D eigenvalue weighted by Crippen LogP contribution is -2.27. The van der Waals surface area contributed by atoms with Gasteiger partial charge in [-0.15, -0.1) is 0 Å². The molecule has 0 bridgehead atoms. The molecule has 16 heavy (non-hydrogen) atoms. The van der Waals surface area contributed by atoms with Crippen molar-refractivity contribution in [3.8, 4) is 0 Å². The number of hydrogen-bond acceptors (Lipinski definition) is 2. The maximum absolute atomic E-state index is 11.9. The number of nitrogens with zero attached hydrogens (tertiary/aromatic N) is 2. The standard InChI is InChI=1S/C12H13N3O/c1-15(11-5-3-2-4-6-11)12(16)7-10-8-13-9-14-10/h2-6,8-9H,7H2,1H3,(H,13,14). The van der Waals surface area contributed by atoms with E-state index in [-0.39, 0.29) is 5.91 Å². The lowest BCUT2D eigenvalue weighted by Gasteiger charge is -2.16. The first kappa shape index (κ1) is 10.4. The Morgan fingerprint density at radius 1 is 1.38 bits per heavy atom. The number of H-pyrrole nitrogens is 1. The molecule has 0 saturated heterocycles. The SMILES string of the molecule is CN(C(=O)Cc1cnc[nH]1)c1ccccc1. The molecule has 1 N–H and O–H groups in total. The van der Waals surface area contributed by atoms with Gasteiger partial charge in [0.05, 0.1) is 12.7 Å². The Morgan fingerprint density at radius 3 is 2.75 bits per heavy atom. The molecule has 4 nitrogen and oxygen atoms in total. The Balaban J connectivity index is 2.05. The number of imidazole rings is 1. The Kier molecular flexibility index (Phi) is 3.00. The first-order valence-electron chi connectivity index (χ1n) is 5.06. The summed E-state index contributed by atoms with van der Waals surface area (Å²) in [5.41, 5.74) is 1.72. The number of amides is 1. The summed E-state index contributed by atoms with van der Waals surface area (Å²) < 4.78 is 0. The average Bonchev–Trinajstić information content (AvgIpc) is 2.82. The first-order valence-corrected chi connectivity index (χ1v) is 5.06. The van der Waals surface area contributed by atoms with Gasteiger partial charge >= 0.3 is 0 Å². The topological polar surface area (TPSA) is 49.0 Å². The molecule has 1 aromatic carbocycles.